The van der Waals surface area contributed by atoms with Crippen LogP contribution in [0.2, 0.25) is 0 Å². The molecule has 3 nitrogen and oxygen atoms in total. The molecule has 0 amide bonds. The second-order valence-electron chi connectivity index (χ2n) is 3.53. The van der Waals surface area contributed by atoms with Crippen LogP contribution in [0.4, 0.5) is 43.9 Å². The first-order valence-electron chi connectivity index (χ1n) is 4.91. The summed E-state index contributed by atoms with van der Waals surface area (Å²) in [6.45, 7) is -1.05. The van der Waals surface area contributed by atoms with Crippen LogP contribution in [0.25, 0.3) is 0 Å². The first-order chi connectivity index (χ1) is 8.97. The van der Waals surface area contributed by atoms with E-state index in [1.54, 1.807) is 0 Å². The number of hydrogen-bond donors (Lipinski definition) is 0. The molecule has 0 rings (SSSR count). The average Bonchev–Trinajstić information content (AvgIpc) is 2.08. The Morgan fingerprint density at radius 3 is 1.33 bits per heavy atom. The Hall–Kier alpha value is -0.820. The molecule has 0 N–H and O–H groups in total. The molecule has 0 radical (unpaired) electrons. The van der Waals surface area contributed by atoms with Gasteiger partial charge in [-0.25, -0.2) is 4.74 Å². The van der Waals surface area contributed by atoms with Crippen LogP contribution >= 0.6 is 0 Å². The van der Waals surface area contributed by atoms with E-state index in [9.17, 15) is 43.9 Å². The molecular weight excluding hydrogens is 334 g/mol. The molecule has 0 aliphatic heterocycles. The Kier molecular flexibility index (Phi) is 5.53. The summed E-state index contributed by atoms with van der Waals surface area (Å²) in [5.74, 6) is -5.62. The maximum atomic E-state index is 13.2. The minimum atomic E-state index is -6.43. The molecule has 0 saturated heterocycles. The molecule has 0 bridgehead atoms. The number of halogens is 10. The molecule has 0 aromatic rings. The SMILES string of the molecule is CCOC(OC(C)(F)OC(F)(F)F)(C(F)(F)F)C(F)(F)F. The Balaban J connectivity index is 5.73. The topological polar surface area (TPSA) is 27.7 Å². The Morgan fingerprint density at radius 1 is 0.714 bits per heavy atom. The van der Waals surface area contributed by atoms with E-state index in [-0.39, 0.29) is 0 Å². The zero-order valence-electron chi connectivity index (χ0n) is 10.2. The van der Waals surface area contributed by atoms with E-state index in [2.05, 4.69) is 14.2 Å². The van der Waals surface area contributed by atoms with Gasteiger partial charge in [0.05, 0.1) is 0 Å². The van der Waals surface area contributed by atoms with Crippen LogP contribution in [0, 0.1) is 0 Å². The van der Waals surface area contributed by atoms with Crippen LogP contribution in [0.1, 0.15) is 13.8 Å². The van der Waals surface area contributed by atoms with E-state index in [1.807, 2.05) is 0 Å². The predicted molar refractivity (Wildman–Crippen MR) is 44.2 cm³/mol. The average molecular weight is 342 g/mol. The summed E-state index contributed by atoms with van der Waals surface area (Å²) in [7, 11) is 0. The summed E-state index contributed by atoms with van der Waals surface area (Å²) in [5.41, 5.74) is 0. The quantitative estimate of drug-likeness (QED) is 0.558. The Bertz CT molecular complexity index is 328. The van der Waals surface area contributed by atoms with E-state index >= 15 is 0 Å². The summed E-state index contributed by atoms with van der Waals surface area (Å²) < 4.78 is 132. The molecule has 0 heterocycles. The van der Waals surface area contributed by atoms with Crippen LogP contribution < -0.4 is 0 Å². The van der Waals surface area contributed by atoms with Crippen LogP contribution in [0.3, 0.4) is 0 Å². The van der Waals surface area contributed by atoms with Gasteiger partial charge in [-0.05, 0) is 6.92 Å². The van der Waals surface area contributed by atoms with Gasteiger partial charge in [0.1, 0.15) is 0 Å². The summed E-state index contributed by atoms with van der Waals surface area (Å²) in [4.78, 5) is 0. The number of ether oxygens (including phenoxy) is 3. The van der Waals surface area contributed by atoms with Crippen molar-refractivity contribution in [2.75, 3.05) is 6.61 Å². The lowest BCUT2D eigenvalue weighted by Gasteiger charge is -2.39. The largest absolute Gasteiger partial charge is 0.527 e. The fourth-order valence-corrected chi connectivity index (χ4v) is 1.16. The minimum Gasteiger partial charge on any atom is -0.336 e. The first kappa shape index (κ1) is 20.2. The molecule has 0 saturated carbocycles. The number of hydrogen-bond acceptors (Lipinski definition) is 3. The van der Waals surface area contributed by atoms with E-state index in [1.165, 1.54) is 0 Å². The van der Waals surface area contributed by atoms with E-state index in [0.717, 1.165) is 0 Å². The monoisotopic (exact) mass is 342 g/mol. The number of alkyl halides is 10. The van der Waals surface area contributed by atoms with E-state index in [0.29, 0.717) is 6.92 Å². The zero-order chi connectivity index (χ0) is 17.3. The second-order valence-corrected chi connectivity index (χ2v) is 3.53. The van der Waals surface area contributed by atoms with E-state index in [4.69, 9.17) is 0 Å². The highest BCUT2D eigenvalue weighted by Crippen LogP contribution is 2.49. The summed E-state index contributed by atoms with van der Waals surface area (Å²) in [6, 6.07) is -4.81. The summed E-state index contributed by atoms with van der Waals surface area (Å²) in [5, 5.41) is 0. The van der Waals surface area contributed by atoms with Gasteiger partial charge in [0.25, 0.3) is 0 Å². The molecule has 0 aliphatic carbocycles. The van der Waals surface area contributed by atoms with Gasteiger partial charge in [0, 0.05) is 13.5 Å². The molecule has 0 fully saturated rings. The van der Waals surface area contributed by atoms with Crippen LogP contribution in [-0.4, -0.2) is 37.1 Å². The van der Waals surface area contributed by atoms with Crippen molar-refractivity contribution in [3.05, 3.63) is 0 Å². The standard InChI is InChI=1S/C8H8F10O3/c1-3-19-5(6(10,11)12,7(13,14)15)20-4(2,9)21-8(16,17)18/h3H2,1-2H3. The normalized spacial score (nSPS) is 17.7. The van der Waals surface area contributed by atoms with Gasteiger partial charge in [0.15, 0.2) is 0 Å². The van der Waals surface area contributed by atoms with Gasteiger partial charge < -0.3 is 4.74 Å². The van der Waals surface area contributed by atoms with Crippen molar-refractivity contribution in [2.45, 2.75) is 44.4 Å². The highest BCUT2D eigenvalue weighted by atomic mass is 19.4. The first-order valence-corrected chi connectivity index (χ1v) is 4.91. The van der Waals surface area contributed by atoms with Crippen LogP contribution in [0.5, 0.6) is 0 Å². The van der Waals surface area contributed by atoms with Gasteiger partial charge in [-0.15, -0.1) is 13.2 Å². The van der Waals surface area contributed by atoms with Gasteiger partial charge in [-0.1, -0.05) is 0 Å². The molecule has 0 spiro atoms. The zero-order valence-corrected chi connectivity index (χ0v) is 10.2. The highest BCUT2D eigenvalue weighted by Gasteiger charge is 2.77. The summed E-state index contributed by atoms with van der Waals surface area (Å²) in [6.07, 6.45) is -18.7. The van der Waals surface area contributed by atoms with Crippen molar-refractivity contribution in [1.82, 2.24) is 0 Å². The van der Waals surface area contributed by atoms with Gasteiger partial charge in [-0.3, -0.25) is 4.74 Å². The van der Waals surface area contributed by atoms with Crippen molar-refractivity contribution in [3.63, 3.8) is 0 Å². The lowest BCUT2D eigenvalue weighted by atomic mass is 10.2. The Labute approximate surface area is 110 Å². The Morgan fingerprint density at radius 2 is 1.10 bits per heavy atom. The number of rotatable bonds is 5. The fourth-order valence-electron chi connectivity index (χ4n) is 1.16. The van der Waals surface area contributed by atoms with Gasteiger partial charge >= 0.3 is 30.5 Å². The van der Waals surface area contributed by atoms with Crippen molar-refractivity contribution < 1.29 is 58.1 Å². The second kappa shape index (κ2) is 5.76. The van der Waals surface area contributed by atoms with Crippen LogP contribution in [-0.2, 0) is 14.2 Å². The summed E-state index contributed by atoms with van der Waals surface area (Å²) >= 11 is 0. The molecule has 128 valence electrons. The molecule has 0 aromatic carbocycles. The van der Waals surface area contributed by atoms with Crippen LogP contribution in [0.15, 0.2) is 0 Å². The third-order valence-corrected chi connectivity index (χ3v) is 1.72. The molecule has 1 unspecified atom stereocenters. The molecule has 13 heteroatoms. The van der Waals surface area contributed by atoms with E-state index < -0.39 is 44.1 Å². The maximum absolute atomic E-state index is 13.2. The van der Waals surface area contributed by atoms with Gasteiger partial charge in [0.2, 0.25) is 0 Å². The van der Waals surface area contributed by atoms with Crippen molar-refractivity contribution in [3.8, 4) is 0 Å². The minimum absolute atomic E-state index is 0.425. The lowest BCUT2D eigenvalue weighted by Crippen LogP contribution is -2.64. The molecule has 21 heavy (non-hydrogen) atoms. The highest BCUT2D eigenvalue weighted by molar-refractivity contribution is 4.88. The van der Waals surface area contributed by atoms with Crippen molar-refractivity contribution in [2.24, 2.45) is 0 Å². The third kappa shape index (κ3) is 5.14. The van der Waals surface area contributed by atoms with Gasteiger partial charge in [-0.2, -0.15) is 30.7 Å². The molecule has 0 aliphatic rings. The third-order valence-electron chi connectivity index (χ3n) is 1.72. The van der Waals surface area contributed by atoms with Crippen molar-refractivity contribution >= 4 is 0 Å². The maximum Gasteiger partial charge on any atom is 0.527 e. The fraction of sp³-hybridized carbons (Fsp3) is 1.00. The lowest BCUT2D eigenvalue weighted by molar-refractivity contribution is -0.549. The molecule has 0 aromatic heterocycles. The van der Waals surface area contributed by atoms with Crippen molar-refractivity contribution in [1.29, 1.82) is 0 Å². The smallest absolute Gasteiger partial charge is 0.336 e. The molecular formula is C8H8F10O3. The molecule has 1 atom stereocenters. The predicted octanol–water partition coefficient (Wildman–Crippen LogP) is 4.04.